The number of aromatic nitrogens is 1. The van der Waals surface area contributed by atoms with Crippen molar-refractivity contribution in [2.75, 3.05) is 0 Å². The molecule has 0 atom stereocenters. The first-order chi connectivity index (χ1) is 8.61. The Bertz CT molecular complexity index is 578. The lowest BCUT2D eigenvalue weighted by atomic mass is 10.2. The molecule has 2 N–H and O–H groups in total. The van der Waals surface area contributed by atoms with E-state index >= 15 is 0 Å². The average Bonchev–Trinajstić information content (AvgIpc) is 2.36. The standard InChI is InChI=1S/C12H9BrF2N2O/c13-8-4-9(14)11(15)10(5-8)18-12-7(6-16)2-1-3-17-12/h1-5H,6,16H2. The van der Waals surface area contributed by atoms with E-state index in [2.05, 4.69) is 20.9 Å². The van der Waals surface area contributed by atoms with E-state index in [0.717, 1.165) is 6.07 Å². The maximum Gasteiger partial charge on any atom is 0.223 e. The van der Waals surface area contributed by atoms with Crippen molar-refractivity contribution in [3.8, 4) is 11.6 Å². The number of nitrogens with zero attached hydrogens (tertiary/aromatic N) is 1. The van der Waals surface area contributed by atoms with Gasteiger partial charge in [0.1, 0.15) is 0 Å². The second-order valence-electron chi connectivity index (χ2n) is 3.47. The molecule has 0 spiro atoms. The number of rotatable bonds is 3. The molecular formula is C12H9BrF2N2O. The highest BCUT2D eigenvalue weighted by atomic mass is 79.9. The molecule has 0 aliphatic heterocycles. The van der Waals surface area contributed by atoms with E-state index in [4.69, 9.17) is 10.5 Å². The van der Waals surface area contributed by atoms with Crippen LogP contribution >= 0.6 is 15.9 Å². The Hall–Kier alpha value is -1.53. The van der Waals surface area contributed by atoms with Gasteiger partial charge in [-0.3, -0.25) is 0 Å². The van der Waals surface area contributed by atoms with Gasteiger partial charge in [0.25, 0.3) is 0 Å². The number of nitrogens with two attached hydrogens (primary N) is 1. The zero-order chi connectivity index (χ0) is 13.1. The van der Waals surface area contributed by atoms with Crippen molar-refractivity contribution in [1.82, 2.24) is 4.98 Å². The molecule has 1 aromatic heterocycles. The molecule has 0 saturated heterocycles. The normalized spacial score (nSPS) is 10.4. The molecule has 0 fully saturated rings. The zero-order valence-electron chi connectivity index (χ0n) is 9.16. The molecule has 94 valence electrons. The van der Waals surface area contributed by atoms with Crippen molar-refractivity contribution in [1.29, 1.82) is 0 Å². The van der Waals surface area contributed by atoms with Crippen LogP contribution in [0.1, 0.15) is 5.56 Å². The molecule has 0 aliphatic carbocycles. The Morgan fingerprint density at radius 2 is 2.11 bits per heavy atom. The van der Waals surface area contributed by atoms with Crippen molar-refractivity contribution in [2.45, 2.75) is 6.54 Å². The van der Waals surface area contributed by atoms with Crippen LogP contribution in [0, 0.1) is 11.6 Å². The number of hydrogen-bond acceptors (Lipinski definition) is 3. The Balaban J connectivity index is 2.40. The second kappa shape index (κ2) is 5.41. The Kier molecular flexibility index (Phi) is 3.88. The van der Waals surface area contributed by atoms with Gasteiger partial charge in [0.2, 0.25) is 11.7 Å². The summed E-state index contributed by atoms with van der Waals surface area (Å²) in [5.74, 6) is -2.14. The third kappa shape index (κ3) is 2.65. The molecule has 18 heavy (non-hydrogen) atoms. The third-order valence-electron chi connectivity index (χ3n) is 2.24. The molecule has 0 aliphatic rings. The molecule has 6 heteroatoms. The van der Waals surface area contributed by atoms with Crippen molar-refractivity contribution in [3.63, 3.8) is 0 Å². The van der Waals surface area contributed by atoms with Gasteiger partial charge in [-0.1, -0.05) is 22.0 Å². The van der Waals surface area contributed by atoms with Gasteiger partial charge < -0.3 is 10.5 Å². The lowest BCUT2D eigenvalue weighted by Gasteiger charge is -2.09. The smallest absolute Gasteiger partial charge is 0.223 e. The van der Waals surface area contributed by atoms with Crippen molar-refractivity contribution >= 4 is 15.9 Å². The van der Waals surface area contributed by atoms with E-state index in [1.165, 1.54) is 12.3 Å². The van der Waals surface area contributed by atoms with E-state index in [-0.39, 0.29) is 18.2 Å². The van der Waals surface area contributed by atoms with Crippen LogP contribution < -0.4 is 10.5 Å². The lowest BCUT2D eigenvalue weighted by molar-refractivity contribution is 0.401. The molecular weight excluding hydrogens is 306 g/mol. The summed E-state index contributed by atoms with van der Waals surface area (Å²) in [5, 5.41) is 0. The quantitative estimate of drug-likeness (QED) is 0.884. The minimum absolute atomic E-state index is 0.163. The molecule has 1 heterocycles. The second-order valence-corrected chi connectivity index (χ2v) is 4.39. The van der Waals surface area contributed by atoms with E-state index in [9.17, 15) is 8.78 Å². The summed E-state index contributed by atoms with van der Waals surface area (Å²) in [7, 11) is 0. The predicted octanol–water partition coefficient (Wildman–Crippen LogP) is 3.37. The van der Waals surface area contributed by atoms with Gasteiger partial charge in [0.15, 0.2) is 11.6 Å². The molecule has 0 radical (unpaired) electrons. The molecule has 0 saturated carbocycles. The predicted molar refractivity (Wildman–Crippen MR) is 66.3 cm³/mol. The Morgan fingerprint density at radius 3 is 2.83 bits per heavy atom. The molecule has 0 unspecified atom stereocenters. The van der Waals surface area contributed by atoms with Crippen LogP contribution in [0.2, 0.25) is 0 Å². The maximum absolute atomic E-state index is 13.5. The van der Waals surface area contributed by atoms with Crippen LogP contribution in [0.3, 0.4) is 0 Å². The third-order valence-corrected chi connectivity index (χ3v) is 2.69. The minimum atomic E-state index is -1.06. The molecule has 3 nitrogen and oxygen atoms in total. The fourth-order valence-electron chi connectivity index (χ4n) is 1.38. The SMILES string of the molecule is NCc1cccnc1Oc1cc(Br)cc(F)c1F. The van der Waals surface area contributed by atoms with E-state index in [1.54, 1.807) is 12.1 Å². The van der Waals surface area contributed by atoms with Crippen molar-refractivity contribution < 1.29 is 13.5 Å². The van der Waals surface area contributed by atoms with E-state index < -0.39 is 11.6 Å². The van der Waals surface area contributed by atoms with Gasteiger partial charge >= 0.3 is 0 Å². The lowest BCUT2D eigenvalue weighted by Crippen LogP contribution is -2.02. The van der Waals surface area contributed by atoms with Crippen LogP contribution in [-0.4, -0.2) is 4.98 Å². The summed E-state index contributed by atoms with van der Waals surface area (Å²) in [4.78, 5) is 3.94. The highest BCUT2D eigenvalue weighted by Gasteiger charge is 2.14. The van der Waals surface area contributed by atoms with E-state index in [0.29, 0.717) is 10.0 Å². The summed E-state index contributed by atoms with van der Waals surface area (Å²) in [6.07, 6.45) is 1.49. The van der Waals surface area contributed by atoms with Gasteiger partial charge in [0, 0.05) is 22.8 Å². The van der Waals surface area contributed by atoms with Crippen molar-refractivity contribution in [2.24, 2.45) is 5.73 Å². The van der Waals surface area contributed by atoms with Gasteiger partial charge in [-0.05, 0) is 18.2 Å². The largest absolute Gasteiger partial charge is 0.435 e. The number of benzene rings is 1. The topological polar surface area (TPSA) is 48.1 Å². The number of pyridine rings is 1. The summed E-state index contributed by atoms with van der Waals surface area (Å²) >= 11 is 3.06. The van der Waals surface area contributed by atoms with Crippen LogP contribution in [0.4, 0.5) is 8.78 Å². The molecule has 0 amide bonds. The molecule has 1 aromatic carbocycles. The summed E-state index contributed by atoms with van der Waals surface area (Å²) in [5.41, 5.74) is 6.11. The number of halogens is 3. The van der Waals surface area contributed by atoms with Gasteiger partial charge in [-0.25, -0.2) is 9.37 Å². The summed E-state index contributed by atoms with van der Waals surface area (Å²) < 4.78 is 32.4. The van der Waals surface area contributed by atoms with Crippen molar-refractivity contribution in [3.05, 3.63) is 52.1 Å². The Labute approximate surface area is 111 Å². The molecule has 2 aromatic rings. The summed E-state index contributed by atoms with van der Waals surface area (Å²) in [6, 6.07) is 5.74. The number of ether oxygens (including phenoxy) is 1. The first-order valence-corrected chi connectivity index (χ1v) is 5.87. The summed E-state index contributed by atoms with van der Waals surface area (Å²) in [6.45, 7) is 0.196. The van der Waals surface area contributed by atoms with Crippen LogP contribution in [0.25, 0.3) is 0 Å². The minimum Gasteiger partial charge on any atom is -0.435 e. The van der Waals surface area contributed by atoms with Crippen LogP contribution in [-0.2, 0) is 6.54 Å². The van der Waals surface area contributed by atoms with Gasteiger partial charge in [-0.2, -0.15) is 4.39 Å². The van der Waals surface area contributed by atoms with Gasteiger partial charge in [0.05, 0.1) is 0 Å². The molecule has 0 bridgehead atoms. The fourth-order valence-corrected chi connectivity index (χ4v) is 1.79. The first kappa shape index (κ1) is 12.9. The number of hydrogen-bond donors (Lipinski definition) is 1. The monoisotopic (exact) mass is 314 g/mol. The first-order valence-electron chi connectivity index (χ1n) is 5.08. The molecule has 2 rings (SSSR count). The van der Waals surface area contributed by atoms with Crippen LogP contribution in [0.5, 0.6) is 11.6 Å². The highest BCUT2D eigenvalue weighted by molar-refractivity contribution is 9.10. The highest BCUT2D eigenvalue weighted by Crippen LogP contribution is 2.29. The fraction of sp³-hybridized carbons (Fsp3) is 0.0833. The average molecular weight is 315 g/mol. The van der Waals surface area contributed by atoms with Crippen LogP contribution in [0.15, 0.2) is 34.9 Å². The van der Waals surface area contributed by atoms with Gasteiger partial charge in [-0.15, -0.1) is 0 Å². The zero-order valence-corrected chi connectivity index (χ0v) is 10.7. The Morgan fingerprint density at radius 1 is 1.33 bits per heavy atom. The maximum atomic E-state index is 13.5. The van der Waals surface area contributed by atoms with E-state index in [1.807, 2.05) is 0 Å².